The van der Waals surface area contributed by atoms with Gasteiger partial charge in [0.25, 0.3) is 11.6 Å². The minimum absolute atomic E-state index is 0.00427. The molecule has 45 heavy (non-hydrogen) atoms. The molecule has 3 aromatic carbocycles. The molecule has 0 aliphatic rings. The first-order chi connectivity index (χ1) is 21.8. The topological polar surface area (TPSA) is 186 Å². The maximum Gasteiger partial charge on any atom is 0.359 e. The average Bonchev–Trinajstić information content (AvgIpc) is 3.80. The second-order valence-electron chi connectivity index (χ2n) is 9.72. The van der Waals surface area contributed by atoms with Gasteiger partial charge in [-0.2, -0.15) is 10.1 Å². The molecule has 224 valence electrons. The van der Waals surface area contributed by atoms with Crippen molar-refractivity contribution in [1.82, 2.24) is 34.9 Å². The van der Waals surface area contributed by atoms with Gasteiger partial charge in [0.15, 0.2) is 11.4 Å². The Labute approximate surface area is 254 Å². The molecular formula is C30H23N9O6. The highest BCUT2D eigenvalue weighted by Gasteiger charge is 2.30. The van der Waals surface area contributed by atoms with Crippen LogP contribution in [-0.4, -0.2) is 58.8 Å². The summed E-state index contributed by atoms with van der Waals surface area (Å²) >= 11 is 0. The number of ether oxygens (including phenoxy) is 1. The van der Waals surface area contributed by atoms with E-state index in [-0.39, 0.29) is 34.5 Å². The second kappa shape index (κ2) is 12.0. The summed E-state index contributed by atoms with van der Waals surface area (Å²) in [4.78, 5) is 40.3. The number of nitro groups is 1. The number of nitrogens with zero attached hydrogens (tertiary/aromatic N) is 8. The van der Waals surface area contributed by atoms with Gasteiger partial charge in [-0.1, -0.05) is 52.8 Å². The Morgan fingerprint density at radius 2 is 1.80 bits per heavy atom. The Hall–Kier alpha value is -6.51. The number of non-ortho nitro benzene ring substituents is 1. The van der Waals surface area contributed by atoms with E-state index in [1.807, 2.05) is 42.6 Å². The molecule has 15 nitrogen and oxygen atoms in total. The first kappa shape index (κ1) is 28.6. The fraction of sp³-hybridized carbons (Fsp3) is 0.100. The molecule has 0 atom stereocenters. The lowest BCUT2D eigenvalue weighted by molar-refractivity contribution is -0.384. The van der Waals surface area contributed by atoms with E-state index >= 15 is 0 Å². The van der Waals surface area contributed by atoms with Crippen LogP contribution in [0.2, 0.25) is 0 Å². The maximum atomic E-state index is 13.1. The minimum atomic E-state index is -0.782. The highest BCUT2D eigenvalue weighted by Crippen LogP contribution is 2.34. The number of carbonyl (C=O) groups is 2. The smallest absolute Gasteiger partial charge is 0.359 e. The zero-order chi connectivity index (χ0) is 31.5. The fourth-order valence-electron chi connectivity index (χ4n) is 4.58. The van der Waals surface area contributed by atoms with Crippen molar-refractivity contribution in [2.45, 2.75) is 13.5 Å². The van der Waals surface area contributed by atoms with Gasteiger partial charge >= 0.3 is 5.97 Å². The van der Waals surface area contributed by atoms with Gasteiger partial charge < -0.3 is 14.6 Å². The SMILES string of the molecule is COC(=O)c1c(NC(C)=O)c(-c2noc(-c3ccc([N+](=O)[O-])cc3)n2)nn1-c1cccc(-c2cn(Cc3ccccc3)nn2)c1. The van der Waals surface area contributed by atoms with Crippen LogP contribution in [0, 0.1) is 10.1 Å². The Balaban J connectivity index is 1.40. The molecule has 0 radical (unpaired) electrons. The van der Waals surface area contributed by atoms with Crippen LogP contribution in [0.1, 0.15) is 23.0 Å². The van der Waals surface area contributed by atoms with Gasteiger partial charge in [-0.25, -0.2) is 14.2 Å². The van der Waals surface area contributed by atoms with E-state index in [4.69, 9.17) is 9.26 Å². The number of aromatic nitrogens is 7. The van der Waals surface area contributed by atoms with Crippen molar-refractivity contribution in [3.05, 3.63) is 106 Å². The zero-order valence-corrected chi connectivity index (χ0v) is 23.8. The number of nitro benzene ring substituents is 1. The number of carbonyl (C=O) groups excluding carboxylic acids is 2. The number of methoxy groups -OCH3 is 1. The molecule has 0 saturated carbocycles. The van der Waals surface area contributed by atoms with Gasteiger partial charge in [-0.3, -0.25) is 14.9 Å². The lowest BCUT2D eigenvalue weighted by atomic mass is 10.1. The van der Waals surface area contributed by atoms with Crippen molar-refractivity contribution in [3.63, 3.8) is 0 Å². The molecule has 1 N–H and O–H groups in total. The largest absolute Gasteiger partial charge is 0.464 e. The van der Waals surface area contributed by atoms with Crippen LogP contribution < -0.4 is 5.32 Å². The van der Waals surface area contributed by atoms with Crippen molar-refractivity contribution in [1.29, 1.82) is 0 Å². The average molecular weight is 606 g/mol. The maximum absolute atomic E-state index is 13.1. The number of benzene rings is 3. The molecule has 0 aliphatic heterocycles. The monoisotopic (exact) mass is 605 g/mol. The number of hydrogen-bond acceptors (Lipinski definition) is 11. The van der Waals surface area contributed by atoms with E-state index in [1.54, 1.807) is 22.9 Å². The van der Waals surface area contributed by atoms with Crippen molar-refractivity contribution < 1.29 is 23.8 Å². The number of esters is 1. The molecule has 1 amide bonds. The summed E-state index contributed by atoms with van der Waals surface area (Å²) in [5, 5.41) is 30.8. The van der Waals surface area contributed by atoms with Gasteiger partial charge in [0.1, 0.15) is 11.4 Å². The van der Waals surface area contributed by atoms with E-state index in [9.17, 15) is 19.7 Å². The number of rotatable bonds is 9. The van der Waals surface area contributed by atoms with Gasteiger partial charge in [-0.15, -0.1) is 5.10 Å². The molecule has 3 aromatic heterocycles. The Morgan fingerprint density at radius 3 is 2.51 bits per heavy atom. The third-order valence-electron chi connectivity index (χ3n) is 6.64. The number of hydrogen-bond donors (Lipinski definition) is 1. The highest BCUT2D eigenvalue weighted by molar-refractivity contribution is 6.03. The van der Waals surface area contributed by atoms with Crippen LogP contribution in [0.5, 0.6) is 0 Å². The van der Waals surface area contributed by atoms with Crippen molar-refractivity contribution in [2.24, 2.45) is 0 Å². The minimum Gasteiger partial charge on any atom is -0.464 e. The highest BCUT2D eigenvalue weighted by atomic mass is 16.6. The summed E-state index contributed by atoms with van der Waals surface area (Å²) in [6, 6.07) is 22.5. The van der Waals surface area contributed by atoms with Gasteiger partial charge in [0, 0.05) is 30.2 Å². The Morgan fingerprint density at radius 1 is 1.02 bits per heavy atom. The predicted octanol–water partition coefficient (Wildman–Crippen LogP) is 4.55. The second-order valence-corrected chi connectivity index (χ2v) is 9.72. The van der Waals surface area contributed by atoms with E-state index in [0.717, 1.165) is 5.56 Å². The van der Waals surface area contributed by atoms with E-state index in [1.165, 1.54) is 43.0 Å². The summed E-state index contributed by atoms with van der Waals surface area (Å²) in [6.07, 6.45) is 1.81. The fourth-order valence-corrected chi connectivity index (χ4v) is 4.58. The summed E-state index contributed by atoms with van der Waals surface area (Å²) in [5.74, 6) is -1.26. The zero-order valence-electron chi connectivity index (χ0n) is 23.8. The van der Waals surface area contributed by atoms with Gasteiger partial charge in [0.05, 0.1) is 30.5 Å². The van der Waals surface area contributed by atoms with Crippen LogP contribution >= 0.6 is 0 Å². The third kappa shape index (κ3) is 5.90. The summed E-state index contributed by atoms with van der Waals surface area (Å²) in [6.45, 7) is 1.81. The summed E-state index contributed by atoms with van der Waals surface area (Å²) < 4.78 is 13.5. The molecule has 6 aromatic rings. The molecule has 0 saturated heterocycles. The quantitative estimate of drug-likeness (QED) is 0.138. The lowest BCUT2D eigenvalue weighted by Gasteiger charge is -2.09. The van der Waals surface area contributed by atoms with E-state index < -0.39 is 16.8 Å². The van der Waals surface area contributed by atoms with Crippen LogP contribution in [0.3, 0.4) is 0 Å². The molecule has 0 aliphatic carbocycles. The van der Waals surface area contributed by atoms with Gasteiger partial charge in [-0.05, 0) is 29.8 Å². The van der Waals surface area contributed by atoms with E-state index in [2.05, 4.69) is 30.9 Å². The first-order valence-corrected chi connectivity index (χ1v) is 13.4. The number of amides is 1. The number of nitrogens with one attached hydrogen (secondary N) is 1. The third-order valence-corrected chi connectivity index (χ3v) is 6.64. The molecule has 0 spiro atoms. The molecule has 6 rings (SSSR count). The normalized spacial score (nSPS) is 10.9. The standard InChI is InChI=1S/C30H23N9O6/c1-18(40)31-25-26(28-32-29(45-35-28)20-11-13-22(14-12-20)39(42)43)34-38(27(25)30(41)44-2)23-10-6-9-21(15-23)24-17-37(36-33-24)16-19-7-4-3-5-8-19/h3-15,17H,16H2,1-2H3,(H,31,40). The number of anilines is 1. The van der Waals surface area contributed by atoms with Gasteiger partial charge in [0.2, 0.25) is 11.7 Å². The Bertz CT molecular complexity index is 2030. The summed E-state index contributed by atoms with van der Waals surface area (Å²) in [5.41, 5.74) is 3.06. The molecule has 0 fully saturated rings. The molecule has 0 unspecified atom stereocenters. The van der Waals surface area contributed by atoms with Crippen LogP contribution in [0.4, 0.5) is 11.4 Å². The van der Waals surface area contributed by atoms with Crippen LogP contribution in [-0.2, 0) is 16.1 Å². The molecular weight excluding hydrogens is 582 g/mol. The lowest BCUT2D eigenvalue weighted by Crippen LogP contribution is -2.15. The molecule has 3 heterocycles. The summed E-state index contributed by atoms with van der Waals surface area (Å²) in [7, 11) is 1.21. The van der Waals surface area contributed by atoms with E-state index in [0.29, 0.717) is 29.1 Å². The predicted molar refractivity (Wildman–Crippen MR) is 159 cm³/mol. The van der Waals surface area contributed by atoms with Crippen molar-refractivity contribution in [2.75, 3.05) is 12.4 Å². The molecule has 0 bridgehead atoms. The first-order valence-electron chi connectivity index (χ1n) is 13.4. The van der Waals surface area contributed by atoms with Crippen molar-refractivity contribution >= 4 is 23.3 Å². The van der Waals surface area contributed by atoms with Crippen LogP contribution in [0.25, 0.3) is 39.9 Å². The van der Waals surface area contributed by atoms with Crippen molar-refractivity contribution in [3.8, 4) is 39.9 Å². The Kier molecular flexibility index (Phi) is 7.63. The van der Waals surface area contributed by atoms with Crippen LogP contribution in [0.15, 0.2) is 89.6 Å². The molecule has 15 heteroatoms.